The first-order valence-corrected chi connectivity index (χ1v) is 10.5. The Morgan fingerprint density at radius 3 is 2.48 bits per heavy atom. The molecule has 0 atom stereocenters. The van der Waals surface area contributed by atoms with Crippen LogP contribution in [-0.2, 0) is 16.9 Å². The average Bonchev–Trinajstić information content (AvgIpc) is 2.99. The normalized spacial score (nSPS) is 12.5. The summed E-state index contributed by atoms with van der Waals surface area (Å²) in [5.74, 6) is 0.582. The van der Waals surface area contributed by atoms with Crippen molar-refractivity contribution < 1.29 is 13.2 Å². The molecule has 0 bridgehead atoms. The Hall–Kier alpha value is -2.54. The van der Waals surface area contributed by atoms with Gasteiger partial charge in [-0.05, 0) is 29.7 Å². The zero-order valence-corrected chi connectivity index (χ0v) is 17.0. The maximum Gasteiger partial charge on any atom is 0.274 e. The predicted octanol–water partition coefficient (Wildman–Crippen LogP) is 3.36. The molecule has 2 aromatic heterocycles. The number of hydrogen-bond donors (Lipinski definition) is 1. The summed E-state index contributed by atoms with van der Waals surface area (Å²) in [6, 6.07) is 6.67. The number of aromatic nitrogens is 2. The molecule has 27 heavy (non-hydrogen) atoms. The second kappa shape index (κ2) is 6.56. The molecular formula is C20H24N2O4S. The molecule has 144 valence electrons. The van der Waals surface area contributed by atoms with Crippen molar-refractivity contribution >= 4 is 20.7 Å². The van der Waals surface area contributed by atoms with Gasteiger partial charge in [0.25, 0.3) is 5.56 Å². The first-order valence-electron chi connectivity index (χ1n) is 8.61. The van der Waals surface area contributed by atoms with Gasteiger partial charge in [-0.15, -0.1) is 0 Å². The molecule has 0 fully saturated rings. The van der Waals surface area contributed by atoms with Crippen LogP contribution in [0, 0.1) is 5.41 Å². The molecular weight excluding hydrogens is 364 g/mol. The van der Waals surface area contributed by atoms with Crippen molar-refractivity contribution in [3.63, 3.8) is 0 Å². The topological polar surface area (TPSA) is 81.2 Å². The molecule has 3 aromatic rings. The largest absolute Gasteiger partial charge is 0.492 e. The summed E-state index contributed by atoms with van der Waals surface area (Å²) in [5, 5.41) is 0.726. The number of aryl methyl sites for hydroxylation is 1. The van der Waals surface area contributed by atoms with Crippen LogP contribution in [0.1, 0.15) is 20.8 Å². The number of H-pyrrole nitrogens is 1. The lowest BCUT2D eigenvalue weighted by molar-refractivity contribution is 0.198. The van der Waals surface area contributed by atoms with E-state index in [4.69, 9.17) is 4.74 Å². The maximum atomic E-state index is 12.3. The molecule has 0 aliphatic rings. The van der Waals surface area contributed by atoms with Gasteiger partial charge in [0.2, 0.25) is 0 Å². The fourth-order valence-electron chi connectivity index (χ4n) is 2.81. The summed E-state index contributed by atoms with van der Waals surface area (Å²) in [6.45, 7) is 6.66. The van der Waals surface area contributed by atoms with Crippen LogP contribution in [0.15, 0.2) is 46.3 Å². The Labute approximate surface area is 158 Å². The lowest BCUT2D eigenvalue weighted by Crippen LogP contribution is -2.17. The number of hydrogen-bond acceptors (Lipinski definition) is 4. The molecule has 6 nitrogen and oxygen atoms in total. The molecule has 0 radical (unpaired) electrons. The van der Waals surface area contributed by atoms with Gasteiger partial charge in [0.1, 0.15) is 11.3 Å². The number of sulfone groups is 1. The first-order chi connectivity index (χ1) is 12.5. The quantitative estimate of drug-likeness (QED) is 0.743. The van der Waals surface area contributed by atoms with Crippen molar-refractivity contribution in [1.29, 1.82) is 0 Å². The number of aromatic amines is 1. The number of ether oxygens (including phenoxy) is 1. The lowest BCUT2D eigenvalue weighted by Gasteiger charge is -2.20. The van der Waals surface area contributed by atoms with Crippen LogP contribution in [0.5, 0.6) is 5.75 Å². The van der Waals surface area contributed by atoms with E-state index in [9.17, 15) is 13.2 Å². The Morgan fingerprint density at radius 1 is 1.15 bits per heavy atom. The summed E-state index contributed by atoms with van der Waals surface area (Å²) in [4.78, 5) is 15.6. The van der Waals surface area contributed by atoms with Crippen LogP contribution < -0.4 is 10.3 Å². The van der Waals surface area contributed by atoms with E-state index in [0.717, 1.165) is 10.9 Å². The Morgan fingerprint density at radius 2 is 1.85 bits per heavy atom. The summed E-state index contributed by atoms with van der Waals surface area (Å²) in [6.07, 6.45) is 4.59. The minimum atomic E-state index is -3.38. The van der Waals surface area contributed by atoms with Gasteiger partial charge in [-0.3, -0.25) is 4.79 Å². The molecule has 0 saturated heterocycles. The van der Waals surface area contributed by atoms with Crippen molar-refractivity contribution in [2.45, 2.75) is 25.7 Å². The van der Waals surface area contributed by atoms with Gasteiger partial charge >= 0.3 is 0 Å². The van der Waals surface area contributed by atoms with Gasteiger partial charge in [0.05, 0.1) is 11.5 Å². The van der Waals surface area contributed by atoms with Crippen molar-refractivity contribution in [2.75, 3.05) is 12.9 Å². The summed E-state index contributed by atoms with van der Waals surface area (Å²) in [5.41, 5.74) is 1.65. The number of nitrogens with zero attached hydrogens (tertiary/aromatic N) is 1. The highest BCUT2D eigenvalue weighted by molar-refractivity contribution is 7.90. The van der Waals surface area contributed by atoms with E-state index in [1.807, 2.05) is 6.07 Å². The summed E-state index contributed by atoms with van der Waals surface area (Å²) in [7, 11) is -1.69. The molecule has 1 aromatic carbocycles. The van der Waals surface area contributed by atoms with Gasteiger partial charge in [-0.25, -0.2) is 8.42 Å². The molecule has 0 amide bonds. The molecule has 7 heteroatoms. The number of fused-ring (bicyclic) bond motifs is 1. The van der Waals surface area contributed by atoms with Crippen molar-refractivity contribution in [3.8, 4) is 16.9 Å². The number of rotatable bonds is 4. The van der Waals surface area contributed by atoms with Gasteiger partial charge in [-0.2, -0.15) is 0 Å². The van der Waals surface area contributed by atoms with Crippen LogP contribution in [-0.4, -0.2) is 30.8 Å². The second-order valence-electron chi connectivity index (χ2n) is 8.00. The van der Waals surface area contributed by atoms with Gasteiger partial charge in [0, 0.05) is 42.2 Å². The third-order valence-corrected chi connectivity index (χ3v) is 5.36. The molecule has 2 heterocycles. The van der Waals surface area contributed by atoms with E-state index in [1.54, 1.807) is 37.6 Å². The van der Waals surface area contributed by atoms with Gasteiger partial charge in [-0.1, -0.05) is 20.8 Å². The van der Waals surface area contributed by atoms with Crippen LogP contribution in [0.25, 0.3) is 22.0 Å². The van der Waals surface area contributed by atoms with Crippen molar-refractivity contribution in [2.24, 2.45) is 12.5 Å². The van der Waals surface area contributed by atoms with Gasteiger partial charge < -0.3 is 14.3 Å². The fourth-order valence-corrected chi connectivity index (χ4v) is 3.46. The number of nitrogens with one attached hydrogen (secondary N) is 1. The van der Waals surface area contributed by atoms with E-state index >= 15 is 0 Å². The summed E-state index contributed by atoms with van der Waals surface area (Å²) >= 11 is 0. The fraction of sp³-hybridized carbons (Fsp3) is 0.350. The zero-order valence-electron chi connectivity index (χ0n) is 16.2. The van der Waals surface area contributed by atoms with Crippen LogP contribution in [0.4, 0.5) is 0 Å². The number of pyridine rings is 1. The molecule has 0 spiro atoms. The Balaban J connectivity index is 2.23. The predicted molar refractivity (Wildman–Crippen MR) is 107 cm³/mol. The van der Waals surface area contributed by atoms with E-state index in [0.29, 0.717) is 23.4 Å². The van der Waals surface area contributed by atoms with E-state index in [-0.39, 0.29) is 15.9 Å². The van der Waals surface area contributed by atoms with Crippen LogP contribution in [0.2, 0.25) is 0 Å². The highest BCUT2D eigenvalue weighted by Gasteiger charge is 2.19. The first kappa shape index (κ1) is 19.2. The molecule has 3 rings (SSSR count). The van der Waals surface area contributed by atoms with Crippen molar-refractivity contribution in [1.82, 2.24) is 9.55 Å². The minimum Gasteiger partial charge on any atom is -0.492 e. The van der Waals surface area contributed by atoms with Gasteiger partial charge in [0.15, 0.2) is 9.84 Å². The average molecular weight is 388 g/mol. The highest BCUT2D eigenvalue weighted by atomic mass is 32.2. The smallest absolute Gasteiger partial charge is 0.274 e. The Bertz CT molecular complexity index is 1160. The highest BCUT2D eigenvalue weighted by Crippen LogP contribution is 2.36. The monoisotopic (exact) mass is 388 g/mol. The Kier molecular flexibility index (Phi) is 4.67. The minimum absolute atomic E-state index is 0.0527. The molecule has 0 aliphatic carbocycles. The maximum absolute atomic E-state index is 12.3. The van der Waals surface area contributed by atoms with Crippen LogP contribution in [0.3, 0.4) is 0 Å². The number of benzene rings is 1. The SMILES string of the molecule is Cn1ccc2c(-c3cc(S(C)(=O)=O)ccc3OCC(C)(C)C)c[nH]c2c1=O. The third-order valence-electron chi connectivity index (χ3n) is 4.25. The van der Waals surface area contributed by atoms with E-state index in [2.05, 4.69) is 25.8 Å². The van der Waals surface area contributed by atoms with E-state index in [1.165, 1.54) is 10.8 Å². The third kappa shape index (κ3) is 3.93. The lowest BCUT2D eigenvalue weighted by atomic mass is 9.98. The summed E-state index contributed by atoms with van der Waals surface area (Å²) < 4.78 is 31.6. The molecule has 0 saturated carbocycles. The van der Waals surface area contributed by atoms with Crippen molar-refractivity contribution in [3.05, 3.63) is 47.0 Å². The molecule has 0 unspecified atom stereocenters. The van der Waals surface area contributed by atoms with E-state index < -0.39 is 9.84 Å². The second-order valence-corrected chi connectivity index (χ2v) is 10.0. The zero-order chi connectivity index (χ0) is 20.0. The molecule has 0 aliphatic heterocycles. The molecule has 1 N–H and O–H groups in total. The standard InChI is InChI=1S/C20H24N2O4S/c1-20(2,3)12-26-17-7-6-13(27(5,24)25)10-15(17)16-11-21-18-14(16)8-9-22(4)19(18)23/h6-11,21H,12H2,1-5H3. The van der Waals surface area contributed by atoms with Crippen LogP contribution >= 0.6 is 0 Å².